The molecule has 1 aliphatic carbocycles. The number of nitrogens with one attached hydrogen (secondary N) is 1. The fourth-order valence-electron chi connectivity index (χ4n) is 5.51. The highest BCUT2D eigenvalue weighted by Crippen LogP contribution is 2.31. The van der Waals surface area contributed by atoms with Gasteiger partial charge in [0.1, 0.15) is 5.78 Å². The zero-order valence-corrected chi connectivity index (χ0v) is 25.3. The molecular formula is C31H44ClN3O3S. The zero-order valence-electron chi connectivity index (χ0n) is 23.8. The minimum absolute atomic E-state index is 0.0713. The lowest BCUT2D eigenvalue weighted by molar-refractivity contribution is -0.130. The van der Waals surface area contributed by atoms with Crippen molar-refractivity contribution in [3.05, 3.63) is 40.4 Å². The molecule has 0 unspecified atom stereocenters. The number of carbonyl (C=O) groups is 3. The Morgan fingerprint density at radius 2 is 1.87 bits per heavy atom. The number of Topliss-reactive ketones (excluding diaryl/α,β-unsaturated/α-hetero) is 2. The number of benzene rings is 1. The van der Waals surface area contributed by atoms with Crippen LogP contribution in [-0.4, -0.2) is 53.0 Å². The van der Waals surface area contributed by atoms with Crippen LogP contribution in [0, 0.1) is 11.8 Å². The quantitative estimate of drug-likeness (QED) is 0.211. The van der Waals surface area contributed by atoms with Crippen molar-refractivity contribution in [2.75, 3.05) is 19.6 Å². The summed E-state index contributed by atoms with van der Waals surface area (Å²) in [7, 11) is 0. The van der Waals surface area contributed by atoms with E-state index in [-0.39, 0.29) is 29.9 Å². The standard InChI is InChI=1S/C31H44ClN3O3S/c1-5-10-25(36)17-23(18-30-33-27-14-13-24(32)19-29(27)39-30)31(38)34-26(22-11-8-9-12-22)15-16-28(37)21(4)20-35(6-2)7-3/h13-14,19,22-23,26H,4-12,15-18,20H2,1-3H3,(H,34,38)/t23-,26+/m0/s1. The highest BCUT2D eigenvalue weighted by atomic mass is 35.5. The molecule has 2 aromatic rings. The molecule has 1 heterocycles. The third-order valence-electron chi connectivity index (χ3n) is 7.87. The largest absolute Gasteiger partial charge is 0.353 e. The molecule has 1 aromatic heterocycles. The lowest BCUT2D eigenvalue weighted by Gasteiger charge is -2.27. The van der Waals surface area contributed by atoms with Gasteiger partial charge in [0, 0.05) is 48.9 Å². The van der Waals surface area contributed by atoms with Gasteiger partial charge in [-0.3, -0.25) is 19.3 Å². The van der Waals surface area contributed by atoms with Crippen molar-refractivity contribution in [2.45, 2.75) is 91.0 Å². The molecule has 214 valence electrons. The minimum Gasteiger partial charge on any atom is -0.353 e. The van der Waals surface area contributed by atoms with Gasteiger partial charge in [0.15, 0.2) is 5.78 Å². The number of hydrogen-bond donors (Lipinski definition) is 1. The van der Waals surface area contributed by atoms with Crippen molar-refractivity contribution in [3.8, 4) is 0 Å². The number of thiazole rings is 1. The van der Waals surface area contributed by atoms with Gasteiger partial charge in [0.2, 0.25) is 5.91 Å². The van der Waals surface area contributed by atoms with E-state index >= 15 is 0 Å². The molecule has 0 spiro atoms. The second kappa shape index (κ2) is 15.6. The molecule has 2 atom stereocenters. The molecule has 39 heavy (non-hydrogen) atoms. The fraction of sp³-hybridized carbons (Fsp3) is 0.613. The summed E-state index contributed by atoms with van der Waals surface area (Å²) in [5, 5.41) is 4.78. The van der Waals surface area contributed by atoms with Gasteiger partial charge >= 0.3 is 0 Å². The second-order valence-corrected chi connectivity index (χ2v) is 12.4. The summed E-state index contributed by atoms with van der Waals surface area (Å²) in [4.78, 5) is 46.2. The maximum Gasteiger partial charge on any atom is 0.224 e. The number of aromatic nitrogens is 1. The smallest absolute Gasteiger partial charge is 0.224 e. The van der Waals surface area contributed by atoms with Gasteiger partial charge in [-0.05, 0) is 62.9 Å². The molecule has 1 fully saturated rings. The third kappa shape index (κ3) is 9.51. The molecule has 8 heteroatoms. The van der Waals surface area contributed by atoms with Crippen molar-refractivity contribution in [1.29, 1.82) is 0 Å². The number of hydrogen-bond acceptors (Lipinski definition) is 6. The molecule has 1 N–H and O–H groups in total. The normalized spacial score (nSPS) is 15.5. The van der Waals surface area contributed by atoms with Crippen molar-refractivity contribution in [2.24, 2.45) is 11.8 Å². The molecule has 0 bridgehead atoms. The number of rotatable bonds is 17. The Labute approximate surface area is 242 Å². The molecular weight excluding hydrogens is 530 g/mol. The summed E-state index contributed by atoms with van der Waals surface area (Å²) in [5.41, 5.74) is 1.49. The van der Waals surface area contributed by atoms with E-state index in [1.165, 1.54) is 11.3 Å². The number of fused-ring (bicyclic) bond motifs is 1. The van der Waals surface area contributed by atoms with Gasteiger partial charge in [-0.15, -0.1) is 11.3 Å². The Morgan fingerprint density at radius 1 is 1.15 bits per heavy atom. The summed E-state index contributed by atoms with van der Waals surface area (Å²) in [6.07, 6.45) is 7.21. The van der Waals surface area contributed by atoms with Crippen LogP contribution in [0.15, 0.2) is 30.4 Å². The summed E-state index contributed by atoms with van der Waals surface area (Å²) in [6, 6.07) is 5.50. The van der Waals surface area contributed by atoms with E-state index in [9.17, 15) is 14.4 Å². The highest BCUT2D eigenvalue weighted by molar-refractivity contribution is 7.18. The van der Waals surface area contributed by atoms with Gasteiger partial charge < -0.3 is 5.32 Å². The first-order valence-corrected chi connectivity index (χ1v) is 15.7. The van der Waals surface area contributed by atoms with E-state index in [2.05, 4.69) is 30.6 Å². The Balaban J connectivity index is 1.71. The van der Waals surface area contributed by atoms with Crippen molar-refractivity contribution in [1.82, 2.24) is 15.2 Å². The van der Waals surface area contributed by atoms with Crippen LogP contribution >= 0.6 is 22.9 Å². The summed E-state index contributed by atoms with van der Waals surface area (Å²) < 4.78 is 0.976. The van der Waals surface area contributed by atoms with Crippen LogP contribution in [0.4, 0.5) is 0 Å². The van der Waals surface area contributed by atoms with Crippen molar-refractivity contribution >= 4 is 50.6 Å². The van der Waals surface area contributed by atoms with Crippen LogP contribution in [-0.2, 0) is 20.8 Å². The molecule has 6 nitrogen and oxygen atoms in total. The lowest BCUT2D eigenvalue weighted by Crippen LogP contribution is -2.44. The van der Waals surface area contributed by atoms with Gasteiger partial charge in [0.25, 0.3) is 0 Å². The molecule has 1 aromatic carbocycles. The monoisotopic (exact) mass is 573 g/mol. The summed E-state index contributed by atoms with van der Waals surface area (Å²) in [6.45, 7) is 12.5. The maximum atomic E-state index is 13.7. The maximum absolute atomic E-state index is 13.7. The van der Waals surface area contributed by atoms with E-state index in [0.717, 1.165) is 60.4 Å². The second-order valence-electron chi connectivity index (χ2n) is 10.8. The third-order valence-corrected chi connectivity index (χ3v) is 9.15. The number of amides is 1. The highest BCUT2D eigenvalue weighted by Gasteiger charge is 2.31. The molecule has 1 aliphatic rings. The first-order valence-electron chi connectivity index (χ1n) is 14.5. The molecule has 0 aliphatic heterocycles. The number of likely N-dealkylation sites (N-methyl/N-ethyl adjacent to an activating group) is 1. The Morgan fingerprint density at radius 3 is 2.54 bits per heavy atom. The average Bonchev–Trinajstić information content (AvgIpc) is 3.58. The van der Waals surface area contributed by atoms with Gasteiger partial charge in [-0.2, -0.15) is 0 Å². The minimum atomic E-state index is -0.489. The summed E-state index contributed by atoms with van der Waals surface area (Å²) in [5.74, 6) is -0.0705. The molecule has 1 saturated carbocycles. The van der Waals surface area contributed by atoms with Crippen LogP contribution in [0.2, 0.25) is 5.02 Å². The van der Waals surface area contributed by atoms with Crippen molar-refractivity contribution in [3.63, 3.8) is 0 Å². The van der Waals surface area contributed by atoms with E-state index in [1.807, 2.05) is 25.1 Å². The lowest BCUT2D eigenvalue weighted by atomic mass is 9.90. The molecule has 3 rings (SSSR count). The fourth-order valence-corrected chi connectivity index (χ4v) is 6.84. The zero-order chi connectivity index (χ0) is 28.4. The first-order chi connectivity index (χ1) is 18.7. The van der Waals surface area contributed by atoms with Crippen LogP contribution in [0.1, 0.15) is 83.6 Å². The van der Waals surface area contributed by atoms with Crippen LogP contribution in [0.5, 0.6) is 0 Å². The van der Waals surface area contributed by atoms with E-state index in [4.69, 9.17) is 16.6 Å². The van der Waals surface area contributed by atoms with Crippen molar-refractivity contribution < 1.29 is 14.4 Å². The molecule has 0 saturated heterocycles. The number of nitrogens with zero attached hydrogens (tertiary/aromatic N) is 2. The molecule has 1 amide bonds. The average molecular weight is 574 g/mol. The van der Waals surface area contributed by atoms with Crippen LogP contribution in [0.25, 0.3) is 10.2 Å². The van der Waals surface area contributed by atoms with E-state index in [1.54, 1.807) is 0 Å². The Bertz CT molecular complexity index is 1140. The molecule has 0 radical (unpaired) electrons. The van der Waals surface area contributed by atoms with Gasteiger partial charge in [0.05, 0.1) is 21.1 Å². The van der Waals surface area contributed by atoms with Gasteiger partial charge in [-0.25, -0.2) is 4.98 Å². The predicted octanol–water partition coefficient (Wildman–Crippen LogP) is 6.79. The van der Waals surface area contributed by atoms with Gasteiger partial charge in [-0.1, -0.05) is 51.8 Å². The summed E-state index contributed by atoms with van der Waals surface area (Å²) >= 11 is 7.68. The Kier molecular flexibility index (Phi) is 12.6. The number of ketones is 2. The topological polar surface area (TPSA) is 79.4 Å². The SMILES string of the molecule is C=C(CN(CC)CC)C(=O)CC[C@@H](NC(=O)[C@@H](CC(=O)CCC)Cc1nc2ccc(Cl)cc2s1)C1CCCC1. The van der Waals surface area contributed by atoms with E-state index < -0.39 is 5.92 Å². The predicted molar refractivity (Wildman–Crippen MR) is 161 cm³/mol. The number of carbonyl (C=O) groups excluding carboxylic acids is 3. The number of halogens is 1. The first kappa shape index (κ1) is 31.4. The Hall–Kier alpha value is -2.09. The van der Waals surface area contributed by atoms with E-state index in [0.29, 0.717) is 48.7 Å². The van der Waals surface area contributed by atoms with Crippen LogP contribution in [0.3, 0.4) is 0 Å². The van der Waals surface area contributed by atoms with Crippen LogP contribution < -0.4 is 5.32 Å².